The van der Waals surface area contributed by atoms with Crippen LogP contribution < -0.4 is 19.2 Å². The fourth-order valence-corrected chi connectivity index (χ4v) is 3.28. The fourth-order valence-electron chi connectivity index (χ4n) is 2.43. The Bertz CT molecular complexity index is 959. The highest BCUT2D eigenvalue weighted by Crippen LogP contribution is 2.33. The van der Waals surface area contributed by atoms with Gasteiger partial charge in [0, 0.05) is 6.07 Å². The Labute approximate surface area is 164 Å². The Kier molecular flexibility index (Phi) is 7.00. The van der Waals surface area contributed by atoms with E-state index in [1.807, 2.05) is 30.3 Å². The van der Waals surface area contributed by atoms with Crippen LogP contribution >= 0.6 is 0 Å². The third kappa shape index (κ3) is 5.46. The molecule has 0 aliphatic rings. The van der Waals surface area contributed by atoms with Crippen LogP contribution in [0.4, 0.5) is 5.69 Å². The number of rotatable bonds is 8. The topological polar surface area (TPSA) is 97.3 Å². The van der Waals surface area contributed by atoms with E-state index in [0.717, 1.165) is 16.1 Å². The number of ether oxygens (including phenoxy) is 2. The minimum Gasteiger partial charge on any atom is -0.497 e. The number of methoxy groups -OCH3 is 2. The molecule has 0 radical (unpaired) electrons. The fraction of sp³-hybridized carbons (Fsp3) is 0.263. The van der Waals surface area contributed by atoms with Gasteiger partial charge in [0.2, 0.25) is 10.0 Å². The van der Waals surface area contributed by atoms with E-state index in [0.29, 0.717) is 17.2 Å². The lowest BCUT2D eigenvalue weighted by Crippen LogP contribution is -2.39. The van der Waals surface area contributed by atoms with Crippen LogP contribution in [0.25, 0.3) is 0 Å². The summed E-state index contributed by atoms with van der Waals surface area (Å²) in [4.78, 5) is 12.4. The first kappa shape index (κ1) is 21.2. The summed E-state index contributed by atoms with van der Waals surface area (Å²) in [6, 6.07) is 14.0. The number of hydrogen-bond acceptors (Lipinski definition) is 6. The highest BCUT2D eigenvalue weighted by Gasteiger charge is 2.24. The third-order valence-corrected chi connectivity index (χ3v) is 5.01. The third-order valence-electron chi connectivity index (χ3n) is 3.88. The second-order valence-electron chi connectivity index (χ2n) is 5.91. The molecule has 0 saturated carbocycles. The number of sulfonamides is 1. The number of anilines is 1. The number of carbonyl (C=O) groups excluding carboxylic acids is 1. The predicted molar refractivity (Wildman–Crippen MR) is 109 cm³/mol. The van der Waals surface area contributed by atoms with Crippen LogP contribution in [-0.4, -0.2) is 47.1 Å². The van der Waals surface area contributed by atoms with Crippen LogP contribution in [0.1, 0.15) is 12.5 Å². The highest BCUT2D eigenvalue weighted by molar-refractivity contribution is 7.92. The van der Waals surface area contributed by atoms with Crippen molar-refractivity contribution in [2.75, 3.05) is 31.3 Å². The molecule has 0 aliphatic heterocycles. The van der Waals surface area contributed by atoms with Gasteiger partial charge in [-0.05, 0) is 24.6 Å². The Morgan fingerprint density at radius 3 is 2.36 bits per heavy atom. The van der Waals surface area contributed by atoms with Gasteiger partial charge in [-0.1, -0.05) is 30.3 Å². The molecule has 0 aromatic heterocycles. The lowest BCUT2D eigenvalue weighted by molar-refractivity contribution is -0.119. The molecular formula is C19H23N3O5S. The first-order chi connectivity index (χ1) is 13.3. The van der Waals surface area contributed by atoms with Crippen LogP contribution in [0.15, 0.2) is 53.6 Å². The molecule has 0 heterocycles. The lowest BCUT2D eigenvalue weighted by Gasteiger charge is -2.23. The van der Waals surface area contributed by atoms with Gasteiger partial charge in [-0.15, -0.1) is 0 Å². The maximum absolute atomic E-state index is 12.4. The van der Waals surface area contributed by atoms with E-state index in [1.165, 1.54) is 20.3 Å². The molecule has 1 N–H and O–H groups in total. The van der Waals surface area contributed by atoms with Crippen molar-refractivity contribution in [2.24, 2.45) is 5.10 Å². The van der Waals surface area contributed by atoms with Crippen LogP contribution in [0.2, 0.25) is 0 Å². The average molecular weight is 405 g/mol. The monoisotopic (exact) mass is 405 g/mol. The number of nitrogens with one attached hydrogen (secondary N) is 1. The number of hydrazone groups is 1. The first-order valence-electron chi connectivity index (χ1n) is 8.34. The number of carbonyl (C=O) groups is 1. The SMILES string of the molecule is COc1ccc(OC)c(N(CC(=O)N/N=C(/C)c2ccccc2)S(C)(=O)=O)c1. The van der Waals surface area contributed by atoms with E-state index in [1.54, 1.807) is 19.1 Å². The summed E-state index contributed by atoms with van der Waals surface area (Å²) in [7, 11) is -0.894. The van der Waals surface area contributed by atoms with Crippen molar-refractivity contribution >= 4 is 27.3 Å². The largest absolute Gasteiger partial charge is 0.497 e. The smallest absolute Gasteiger partial charge is 0.260 e. The normalized spacial score (nSPS) is 11.6. The van der Waals surface area contributed by atoms with Crippen molar-refractivity contribution in [3.63, 3.8) is 0 Å². The van der Waals surface area contributed by atoms with Gasteiger partial charge in [0.25, 0.3) is 5.91 Å². The van der Waals surface area contributed by atoms with Gasteiger partial charge < -0.3 is 9.47 Å². The number of nitrogens with zero attached hydrogens (tertiary/aromatic N) is 2. The van der Waals surface area contributed by atoms with Crippen LogP contribution in [0.3, 0.4) is 0 Å². The second kappa shape index (κ2) is 9.23. The highest BCUT2D eigenvalue weighted by atomic mass is 32.2. The van der Waals surface area contributed by atoms with E-state index < -0.39 is 22.5 Å². The average Bonchev–Trinajstić information content (AvgIpc) is 2.69. The number of benzene rings is 2. The minimum absolute atomic E-state index is 0.197. The zero-order valence-corrected chi connectivity index (χ0v) is 17.0. The maximum Gasteiger partial charge on any atom is 0.260 e. The summed E-state index contributed by atoms with van der Waals surface area (Å²) >= 11 is 0. The van der Waals surface area contributed by atoms with Crippen molar-refractivity contribution in [3.05, 3.63) is 54.1 Å². The molecule has 150 valence electrons. The quantitative estimate of drug-likeness (QED) is 0.535. The van der Waals surface area contributed by atoms with E-state index >= 15 is 0 Å². The van der Waals surface area contributed by atoms with Gasteiger partial charge in [-0.3, -0.25) is 9.10 Å². The summed E-state index contributed by atoms with van der Waals surface area (Å²) in [5.74, 6) is 0.136. The summed E-state index contributed by atoms with van der Waals surface area (Å²) in [6.45, 7) is 1.28. The van der Waals surface area contributed by atoms with Crippen molar-refractivity contribution in [3.8, 4) is 11.5 Å². The number of amides is 1. The second-order valence-corrected chi connectivity index (χ2v) is 7.81. The molecule has 0 saturated heterocycles. The molecule has 0 aliphatic carbocycles. The van der Waals surface area contributed by atoms with Crippen LogP contribution in [-0.2, 0) is 14.8 Å². The molecule has 2 aromatic carbocycles. The number of hydrogen-bond donors (Lipinski definition) is 1. The maximum atomic E-state index is 12.4. The molecule has 1 amide bonds. The molecular weight excluding hydrogens is 382 g/mol. The Balaban J connectivity index is 2.25. The molecule has 0 fully saturated rings. The van der Waals surface area contributed by atoms with E-state index in [2.05, 4.69) is 10.5 Å². The summed E-state index contributed by atoms with van der Waals surface area (Å²) in [5, 5.41) is 4.04. The zero-order chi connectivity index (χ0) is 20.7. The molecule has 8 nitrogen and oxygen atoms in total. The van der Waals surface area contributed by atoms with Gasteiger partial charge in [0.15, 0.2) is 0 Å². The zero-order valence-electron chi connectivity index (χ0n) is 16.2. The molecule has 2 rings (SSSR count). The molecule has 9 heteroatoms. The van der Waals surface area contributed by atoms with Gasteiger partial charge in [0.1, 0.15) is 18.0 Å². The molecule has 0 spiro atoms. The van der Waals surface area contributed by atoms with Crippen molar-refractivity contribution in [2.45, 2.75) is 6.92 Å². The van der Waals surface area contributed by atoms with Gasteiger partial charge in [-0.2, -0.15) is 5.10 Å². The van der Waals surface area contributed by atoms with Gasteiger partial charge in [-0.25, -0.2) is 13.8 Å². The molecule has 2 aromatic rings. The lowest BCUT2D eigenvalue weighted by atomic mass is 10.1. The Morgan fingerprint density at radius 1 is 1.11 bits per heavy atom. The van der Waals surface area contributed by atoms with Crippen LogP contribution in [0, 0.1) is 0 Å². The Hall–Kier alpha value is -3.07. The molecule has 0 bridgehead atoms. The summed E-state index contributed by atoms with van der Waals surface area (Å²) in [5.41, 5.74) is 4.03. The van der Waals surface area contributed by atoms with Crippen LogP contribution in [0.5, 0.6) is 11.5 Å². The first-order valence-corrected chi connectivity index (χ1v) is 10.2. The van der Waals surface area contributed by atoms with E-state index in [9.17, 15) is 13.2 Å². The Morgan fingerprint density at radius 2 is 1.79 bits per heavy atom. The van der Waals surface area contributed by atoms with Crippen molar-refractivity contribution < 1.29 is 22.7 Å². The van der Waals surface area contributed by atoms with Crippen molar-refractivity contribution in [1.82, 2.24) is 5.43 Å². The van der Waals surface area contributed by atoms with E-state index in [-0.39, 0.29) is 5.69 Å². The molecule has 0 atom stereocenters. The molecule has 0 unspecified atom stereocenters. The van der Waals surface area contributed by atoms with Crippen molar-refractivity contribution in [1.29, 1.82) is 0 Å². The predicted octanol–water partition coefficient (Wildman–Crippen LogP) is 2.01. The van der Waals surface area contributed by atoms with Gasteiger partial charge in [0.05, 0.1) is 31.9 Å². The summed E-state index contributed by atoms with van der Waals surface area (Å²) < 4.78 is 35.9. The minimum atomic E-state index is -3.77. The van der Waals surface area contributed by atoms with Gasteiger partial charge >= 0.3 is 0 Å². The standard InChI is InChI=1S/C19H23N3O5S/c1-14(15-8-6-5-7-9-15)20-21-19(23)13-22(28(4,24)25)17-12-16(26-2)10-11-18(17)27-3/h5-12H,13H2,1-4H3,(H,21,23)/b20-14-. The van der Waals surface area contributed by atoms with E-state index in [4.69, 9.17) is 9.47 Å². The molecule has 28 heavy (non-hydrogen) atoms. The summed E-state index contributed by atoms with van der Waals surface area (Å²) in [6.07, 6.45) is 1.01.